The molecule has 4 N–H and O–H groups in total. The Morgan fingerprint density at radius 3 is 2.81 bits per heavy atom. The van der Waals surface area contributed by atoms with Gasteiger partial charge in [0.2, 0.25) is 6.41 Å². The third-order valence-corrected chi connectivity index (χ3v) is 4.39. The summed E-state index contributed by atoms with van der Waals surface area (Å²) in [5, 5.41) is 11.1. The van der Waals surface area contributed by atoms with Crippen LogP contribution in [-0.4, -0.2) is 57.7 Å². The lowest BCUT2D eigenvalue weighted by atomic mass is 10.0. The number of rotatable bonds is 5. The summed E-state index contributed by atoms with van der Waals surface area (Å²) in [7, 11) is 0. The van der Waals surface area contributed by atoms with Crippen molar-refractivity contribution in [3.05, 3.63) is 11.3 Å². The fraction of sp³-hybridized carbons (Fsp3) is 0.455. The molecular formula is C11H13N3O6S. The molecule has 0 spiro atoms. The summed E-state index contributed by atoms with van der Waals surface area (Å²) in [5.74, 6) is -2.34. The van der Waals surface area contributed by atoms with Crippen LogP contribution in [0.5, 0.6) is 0 Å². The molecule has 0 radical (unpaired) electrons. The number of carboxylic acids is 1. The van der Waals surface area contributed by atoms with Crippen molar-refractivity contribution >= 4 is 36.0 Å². The van der Waals surface area contributed by atoms with Crippen LogP contribution < -0.4 is 11.1 Å². The van der Waals surface area contributed by atoms with Gasteiger partial charge in [-0.2, -0.15) is 0 Å². The van der Waals surface area contributed by atoms with Crippen molar-refractivity contribution in [3.63, 3.8) is 0 Å². The fourth-order valence-corrected chi connectivity index (χ4v) is 3.60. The van der Waals surface area contributed by atoms with Crippen LogP contribution in [0.3, 0.4) is 0 Å². The number of esters is 1. The number of carbonyl (C=O) groups is 4. The van der Waals surface area contributed by atoms with E-state index < -0.39 is 35.5 Å². The van der Waals surface area contributed by atoms with Crippen molar-refractivity contribution in [2.45, 2.75) is 24.6 Å². The minimum atomic E-state index is -1.34. The lowest BCUT2D eigenvalue weighted by Gasteiger charge is -2.49. The largest absolute Gasteiger partial charge is 0.477 e. The maximum absolute atomic E-state index is 11.9. The molecule has 0 aliphatic carbocycles. The van der Waals surface area contributed by atoms with Crippen LogP contribution in [-0.2, 0) is 23.9 Å². The number of hydrogen-bond donors (Lipinski definition) is 3. The van der Waals surface area contributed by atoms with Crippen LogP contribution >= 0.6 is 11.8 Å². The number of nitrogens with zero attached hydrogens (tertiary/aromatic N) is 1. The predicted octanol–water partition coefficient (Wildman–Crippen LogP) is -1.80. The van der Waals surface area contributed by atoms with E-state index >= 15 is 0 Å². The Morgan fingerprint density at radius 2 is 2.29 bits per heavy atom. The van der Waals surface area contributed by atoms with Gasteiger partial charge in [-0.3, -0.25) is 25.0 Å². The van der Waals surface area contributed by atoms with Gasteiger partial charge >= 0.3 is 11.9 Å². The lowest BCUT2D eigenvalue weighted by Crippen LogP contribution is -2.70. The highest BCUT2D eigenvalue weighted by atomic mass is 32.2. The number of aliphatic carboxylic acids is 1. The van der Waals surface area contributed by atoms with Gasteiger partial charge in [0.25, 0.3) is 5.91 Å². The first-order valence-electron chi connectivity index (χ1n) is 5.92. The molecule has 0 aromatic rings. The number of fused-ring (bicyclic) bond motifs is 1. The van der Waals surface area contributed by atoms with E-state index in [9.17, 15) is 24.3 Å². The molecule has 0 aromatic heterocycles. The van der Waals surface area contributed by atoms with Crippen molar-refractivity contribution in [1.29, 1.82) is 0 Å². The van der Waals surface area contributed by atoms with Crippen LogP contribution in [0.15, 0.2) is 11.3 Å². The highest BCUT2D eigenvalue weighted by Gasteiger charge is 2.54. The van der Waals surface area contributed by atoms with Crippen LogP contribution in [0, 0.1) is 0 Å². The van der Waals surface area contributed by atoms with Crippen LogP contribution in [0.4, 0.5) is 0 Å². The maximum atomic E-state index is 11.9. The second-order valence-corrected chi connectivity index (χ2v) is 5.49. The van der Waals surface area contributed by atoms with E-state index in [1.807, 2.05) is 0 Å². The summed E-state index contributed by atoms with van der Waals surface area (Å²) in [6.07, 6.45) is -0.835. The third kappa shape index (κ3) is 2.59. The van der Waals surface area contributed by atoms with Gasteiger partial charge in [-0.15, -0.1) is 11.8 Å². The first-order chi connectivity index (χ1) is 9.88. The van der Waals surface area contributed by atoms with Gasteiger partial charge in [0.1, 0.15) is 17.1 Å². The predicted molar refractivity (Wildman–Crippen MR) is 70.5 cm³/mol. The minimum absolute atomic E-state index is 0.150. The second kappa shape index (κ2) is 5.74. The Morgan fingerprint density at radius 1 is 1.62 bits per heavy atom. The molecule has 10 heteroatoms. The normalized spacial score (nSPS) is 25.6. The van der Waals surface area contributed by atoms with Crippen molar-refractivity contribution < 1.29 is 29.0 Å². The number of nitrogens with one attached hydrogen (secondary N) is 1. The molecule has 9 nitrogen and oxygen atoms in total. The Balaban J connectivity index is 2.31. The maximum Gasteiger partial charge on any atom is 0.352 e. The van der Waals surface area contributed by atoms with Gasteiger partial charge in [0.05, 0.1) is 0 Å². The van der Waals surface area contributed by atoms with Crippen LogP contribution in [0.2, 0.25) is 0 Å². The van der Waals surface area contributed by atoms with Gasteiger partial charge < -0.3 is 15.2 Å². The quantitative estimate of drug-likeness (QED) is 0.234. The summed E-state index contributed by atoms with van der Waals surface area (Å²) in [6.45, 7) is 1.15. The molecule has 114 valence electrons. The van der Waals surface area contributed by atoms with Crippen molar-refractivity contribution in [3.8, 4) is 0 Å². The number of amides is 2. The number of hydrogen-bond acceptors (Lipinski definition) is 7. The second-order valence-electron chi connectivity index (χ2n) is 4.38. The van der Waals surface area contributed by atoms with Crippen molar-refractivity contribution in [2.75, 3.05) is 5.75 Å². The first-order valence-corrected chi connectivity index (χ1v) is 6.96. The number of ether oxygens (including phenoxy) is 1. The number of carboxylic acid groups (broad SMARTS) is 1. The van der Waals surface area contributed by atoms with E-state index in [2.05, 4.69) is 5.32 Å². The summed E-state index contributed by atoms with van der Waals surface area (Å²) >= 11 is 1.24. The van der Waals surface area contributed by atoms with Gasteiger partial charge in [0, 0.05) is 18.2 Å². The SMILES string of the molecule is CC(=O)OC(N)C1=C(C(=O)O)N2C(=O)[C@@H](NC=O)[C@H]2SC1. The van der Waals surface area contributed by atoms with Crippen LogP contribution in [0.1, 0.15) is 6.92 Å². The van der Waals surface area contributed by atoms with E-state index in [0.29, 0.717) is 6.41 Å². The molecule has 21 heavy (non-hydrogen) atoms. The van der Waals surface area contributed by atoms with E-state index in [0.717, 1.165) is 11.8 Å². The molecule has 1 fully saturated rings. The van der Waals surface area contributed by atoms with Gasteiger partial charge in [-0.25, -0.2) is 4.79 Å². The average molecular weight is 315 g/mol. The molecule has 2 amide bonds. The van der Waals surface area contributed by atoms with Crippen molar-refractivity contribution in [1.82, 2.24) is 10.2 Å². The zero-order valence-corrected chi connectivity index (χ0v) is 11.8. The van der Waals surface area contributed by atoms with E-state index in [1.54, 1.807) is 0 Å². The van der Waals surface area contributed by atoms with E-state index in [-0.39, 0.29) is 17.0 Å². The van der Waals surface area contributed by atoms with Gasteiger partial charge in [0.15, 0.2) is 6.23 Å². The fourth-order valence-electron chi connectivity index (χ4n) is 2.20. The van der Waals surface area contributed by atoms with E-state index in [1.165, 1.54) is 11.8 Å². The summed E-state index contributed by atoms with van der Waals surface area (Å²) in [4.78, 5) is 45.8. The molecular weight excluding hydrogens is 302 g/mol. The number of β-lactam (4-membered cyclic amide) rings is 1. The topological polar surface area (TPSA) is 139 Å². The highest BCUT2D eigenvalue weighted by Crippen LogP contribution is 2.40. The summed E-state index contributed by atoms with van der Waals surface area (Å²) in [5.41, 5.74) is 5.52. The molecule has 0 aromatic carbocycles. The molecule has 2 aliphatic rings. The average Bonchev–Trinajstić information content (AvgIpc) is 2.41. The molecule has 1 unspecified atom stereocenters. The Kier molecular flexibility index (Phi) is 4.19. The van der Waals surface area contributed by atoms with Gasteiger partial charge in [-0.1, -0.05) is 0 Å². The highest BCUT2D eigenvalue weighted by molar-refractivity contribution is 8.00. The zero-order chi connectivity index (χ0) is 15.7. The molecule has 2 aliphatic heterocycles. The Labute approximate surface area is 123 Å². The van der Waals surface area contributed by atoms with Gasteiger partial charge in [-0.05, 0) is 0 Å². The van der Waals surface area contributed by atoms with Crippen molar-refractivity contribution in [2.24, 2.45) is 5.73 Å². The van der Waals surface area contributed by atoms with E-state index in [4.69, 9.17) is 10.5 Å². The molecule has 0 saturated carbocycles. The zero-order valence-electron chi connectivity index (χ0n) is 10.9. The molecule has 3 atom stereocenters. The molecule has 2 heterocycles. The first kappa shape index (κ1) is 15.3. The lowest BCUT2D eigenvalue weighted by molar-refractivity contribution is -0.150. The molecule has 2 rings (SSSR count). The monoisotopic (exact) mass is 315 g/mol. The third-order valence-electron chi connectivity index (χ3n) is 3.08. The Hall–Kier alpha value is -2.07. The number of thioether (sulfide) groups is 1. The number of nitrogens with two attached hydrogens (primary N) is 1. The molecule has 1 saturated heterocycles. The van der Waals surface area contributed by atoms with Crippen LogP contribution in [0.25, 0.3) is 0 Å². The summed E-state index contributed by atoms with van der Waals surface area (Å²) in [6, 6.07) is -0.756. The standard InChI is InChI=1S/C11H13N3O6S/c1-4(16)20-8(12)5-2-21-10-6(13-3-15)9(17)14(10)7(5)11(18)19/h3,6,8,10H,2,12H2,1H3,(H,13,15)(H,18,19)/t6-,8?,10-/m1/s1. The number of carbonyl (C=O) groups excluding carboxylic acids is 3. The Bertz CT molecular complexity index is 548. The minimum Gasteiger partial charge on any atom is -0.477 e. The smallest absolute Gasteiger partial charge is 0.352 e. The molecule has 0 bridgehead atoms. The summed E-state index contributed by atoms with van der Waals surface area (Å²) < 4.78 is 4.78.